The zero-order valence-corrected chi connectivity index (χ0v) is 15.2. The van der Waals surface area contributed by atoms with Gasteiger partial charge in [0, 0.05) is 24.1 Å². The lowest BCUT2D eigenvalue weighted by Gasteiger charge is -2.36. The molecule has 1 aliphatic heterocycles. The summed E-state index contributed by atoms with van der Waals surface area (Å²) in [4.78, 5) is 16.6. The third-order valence-corrected chi connectivity index (χ3v) is 5.77. The standard InChI is InChI=1S/C21H21N5O/c1-15(26-23-19(22-24-26)16-7-3-2-4-8-16)20(27)25-13-17-9-5-6-10-18(17)21(14-25)11-12-21/h2-10,15H,11-14H2,1H3. The van der Waals surface area contributed by atoms with Gasteiger partial charge in [-0.05, 0) is 36.1 Å². The number of carbonyl (C=O) groups excluding carboxylic acids is 1. The summed E-state index contributed by atoms with van der Waals surface area (Å²) >= 11 is 0. The van der Waals surface area contributed by atoms with Crippen molar-refractivity contribution in [2.24, 2.45) is 0 Å². The van der Waals surface area contributed by atoms with Gasteiger partial charge in [-0.1, -0.05) is 54.6 Å². The maximum absolute atomic E-state index is 13.2. The minimum atomic E-state index is -0.476. The molecule has 6 nitrogen and oxygen atoms in total. The van der Waals surface area contributed by atoms with Gasteiger partial charge in [0.1, 0.15) is 6.04 Å². The molecule has 1 atom stereocenters. The van der Waals surface area contributed by atoms with Crippen LogP contribution in [0.15, 0.2) is 54.6 Å². The maximum atomic E-state index is 13.2. The minimum absolute atomic E-state index is 0.0489. The van der Waals surface area contributed by atoms with Crippen molar-refractivity contribution in [3.05, 3.63) is 65.7 Å². The van der Waals surface area contributed by atoms with Gasteiger partial charge in [0.2, 0.25) is 11.7 Å². The van der Waals surface area contributed by atoms with Crippen LogP contribution in [0.3, 0.4) is 0 Å². The second-order valence-corrected chi connectivity index (χ2v) is 7.61. The number of hydrogen-bond acceptors (Lipinski definition) is 4. The molecule has 1 aromatic heterocycles. The topological polar surface area (TPSA) is 63.9 Å². The fourth-order valence-electron chi connectivity index (χ4n) is 4.08. The highest BCUT2D eigenvalue weighted by Gasteiger charge is 2.50. The molecule has 1 unspecified atom stereocenters. The highest BCUT2D eigenvalue weighted by Crippen LogP contribution is 2.52. The van der Waals surface area contributed by atoms with Gasteiger partial charge >= 0.3 is 0 Å². The average Bonchev–Trinajstić information content (AvgIpc) is 3.30. The molecule has 3 aromatic rings. The summed E-state index contributed by atoms with van der Waals surface area (Å²) < 4.78 is 0. The monoisotopic (exact) mass is 359 g/mol. The van der Waals surface area contributed by atoms with Crippen LogP contribution in [-0.4, -0.2) is 37.6 Å². The molecular weight excluding hydrogens is 338 g/mol. The van der Waals surface area contributed by atoms with Gasteiger partial charge in [0.05, 0.1) is 0 Å². The summed E-state index contributed by atoms with van der Waals surface area (Å²) in [6.07, 6.45) is 2.31. The zero-order valence-electron chi connectivity index (χ0n) is 15.2. The summed E-state index contributed by atoms with van der Waals surface area (Å²) in [6, 6.07) is 17.7. The summed E-state index contributed by atoms with van der Waals surface area (Å²) in [5.74, 6) is 0.589. The van der Waals surface area contributed by atoms with Crippen LogP contribution < -0.4 is 0 Å². The Morgan fingerprint density at radius 1 is 1.07 bits per heavy atom. The predicted octanol–water partition coefficient (Wildman–Crippen LogP) is 2.98. The van der Waals surface area contributed by atoms with Crippen molar-refractivity contribution in [3.63, 3.8) is 0 Å². The summed E-state index contributed by atoms with van der Waals surface area (Å²) in [7, 11) is 0. The van der Waals surface area contributed by atoms with E-state index in [-0.39, 0.29) is 11.3 Å². The van der Waals surface area contributed by atoms with Crippen molar-refractivity contribution in [1.82, 2.24) is 25.1 Å². The molecule has 0 N–H and O–H groups in total. The van der Waals surface area contributed by atoms with E-state index in [1.54, 1.807) is 0 Å². The number of nitrogens with zero attached hydrogens (tertiary/aromatic N) is 5. The molecule has 0 radical (unpaired) electrons. The first kappa shape index (κ1) is 16.2. The fraction of sp³-hybridized carbons (Fsp3) is 0.333. The van der Waals surface area contributed by atoms with Gasteiger partial charge in [-0.3, -0.25) is 4.79 Å². The molecule has 5 rings (SSSR count). The number of rotatable bonds is 3. The molecule has 0 saturated heterocycles. The first-order chi connectivity index (χ1) is 13.2. The van der Waals surface area contributed by atoms with Gasteiger partial charge in [-0.15, -0.1) is 10.2 Å². The van der Waals surface area contributed by atoms with Gasteiger partial charge in [-0.25, -0.2) is 0 Å². The normalized spacial score (nSPS) is 18.2. The van der Waals surface area contributed by atoms with E-state index in [4.69, 9.17) is 0 Å². The third-order valence-electron chi connectivity index (χ3n) is 5.77. The van der Waals surface area contributed by atoms with Crippen molar-refractivity contribution in [3.8, 4) is 11.4 Å². The Morgan fingerprint density at radius 2 is 1.81 bits per heavy atom. The van der Waals surface area contributed by atoms with Crippen LogP contribution in [0.25, 0.3) is 11.4 Å². The van der Waals surface area contributed by atoms with Crippen LogP contribution in [0.1, 0.15) is 36.9 Å². The molecular formula is C21H21N5O. The molecule has 1 aliphatic carbocycles. The smallest absolute Gasteiger partial charge is 0.249 e. The summed E-state index contributed by atoms with van der Waals surface area (Å²) in [6.45, 7) is 3.29. The number of hydrogen-bond donors (Lipinski definition) is 0. The van der Waals surface area contributed by atoms with Gasteiger partial charge in [-0.2, -0.15) is 4.80 Å². The van der Waals surface area contributed by atoms with E-state index in [2.05, 4.69) is 39.7 Å². The van der Waals surface area contributed by atoms with Crippen LogP contribution in [0, 0.1) is 0 Å². The van der Waals surface area contributed by atoms with Crippen LogP contribution in [-0.2, 0) is 16.8 Å². The first-order valence-electron chi connectivity index (χ1n) is 9.38. The Morgan fingerprint density at radius 3 is 2.59 bits per heavy atom. The third kappa shape index (κ3) is 2.72. The molecule has 1 spiro atoms. The average molecular weight is 359 g/mol. The number of aromatic nitrogens is 4. The lowest BCUT2D eigenvalue weighted by molar-refractivity contribution is -0.136. The van der Waals surface area contributed by atoms with Gasteiger partial charge < -0.3 is 4.90 Å². The molecule has 27 heavy (non-hydrogen) atoms. The van der Waals surface area contributed by atoms with E-state index < -0.39 is 6.04 Å². The highest BCUT2D eigenvalue weighted by molar-refractivity contribution is 5.80. The Balaban J connectivity index is 1.38. The lowest BCUT2D eigenvalue weighted by atomic mass is 9.87. The van der Waals surface area contributed by atoms with E-state index in [0.29, 0.717) is 12.4 Å². The van der Waals surface area contributed by atoms with Crippen molar-refractivity contribution < 1.29 is 4.79 Å². The van der Waals surface area contributed by atoms with Crippen molar-refractivity contribution in [2.75, 3.05) is 6.54 Å². The van der Waals surface area contributed by atoms with E-state index in [9.17, 15) is 4.79 Å². The Bertz CT molecular complexity index is 993. The number of fused-ring (bicyclic) bond motifs is 2. The molecule has 0 bridgehead atoms. The molecule has 1 amide bonds. The fourth-order valence-corrected chi connectivity index (χ4v) is 4.08. The molecule has 6 heteroatoms. The second kappa shape index (κ2) is 6.01. The minimum Gasteiger partial charge on any atom is -0.336 e. The van der Waals surface area contributed by atoms with Crippen molar-refractivity contribution in [2.45, 2.75) is 37.8 Å². The predicted molar refractivity (Wildman–Crippen MR) is 101 cm³/mol. The molecule has 2 aromatic carbocycles. The number of benzene rings is 2. The largest absolute Gasteiger partial charge is 0.336 e. The Labute approximate surface area is 157 Å². The van der Waals surface area contributed by atoms with Crippen molar-refractivity contribution in [1.29, 1.82) is 0 Å². The summed E-state index contributed by atoms with van der Waals surface area (Å²) in [5.41, 5.74) is 3.74. The summed E-state index contributed by atoms with van der Waals surface area (Å²) in [5, 5.41) is 12.7. The SMILES string of the molecule is CC(C(=O)N1Cc2ccccc2C2(CC2)C1)n1nnc(-c2ccccc2)n1. The highest BCUT2D eigenvalue weighted by atomic mass is 16.2. The molecule has 2 heterocycles. The molecule has 136 valence electrons. The Kier molecular flexibility index (Phi) is 3.60. The number of tetrazole rings is 1. The molecule has 1 fully saturated rings. The van der Waals surface area contributed by atoms with E-state index in [0.717, 1.165) is 24.9 Å². The molecule has 2 aliphatic rings. The van der Waals surface area contributed by atoms with Crippen LogP contribution >= 0.6 is 0 Å². The van der Waals surface area contributed by atoms with E-state index in [1.807, 2.05) is 42.2 Å². The quantitative estimate of drug-likeness (QED) is 0.721. The van der Waals surface area contributed by atoms with E-state index in [1.165, 1.54) is 15.9 Å². The number of carbonyl (C=O) groups is 1. The van der Waals surface area contributed by atoms with Crippen molar-refractivity contribution >= 4 is 5.91 Å². The second-order valence-electron chi connectivity index (χ2n) is 7.61. The molecule has 1 saturated carbocycles. The van der Waals surface area contributed by atoms with E-state index >= 15 is 0 Å². The lowest BCUT2D eigenvalue weighted by Crippen LogP contribution is -2.44. The Hall–Kier alpha value is -3.02. The zero-order chi connectivity index (χ0) is 18.4. The van der Waals surface area contributed by atoms with Gasteiger partial charge in [0.15, 0.2) is 0 Å². The first-order valence-corrected chi connectivity index (χ1v) is 9.38. The number of amides is 1. The van der Waals surface area contributed by atoms with Crippen LogP contribution in [0.4, 0.5) is 0 Å². The van der Waals surface area contributed by atoms with Crippen LogP contribution in [0.5, 0.6) is 0 Å². The maximum Gasteiger partial charge on any atom is 0.249 e. The van der Waals surface area contributed by atoms with Gasteiger partial charge in [0.25, 0.3) is 0 Å². The van der Waals surface area contributed by atoms with Crippen LogP contribution in [0.2, 0.25) is 0 Å².